The molecule has 0 unspecified atom stereocenters. The normalized spacial score (nSPS) is 17.3. The summed E-state index contributed by atoms with van der Waals surface area (Å²) in [5, 5.41) is 2.01. The molecule has 0 bridgehead atoms. The van der Waals surface area contributed by atoms with Gasteiger partial charge in [0, 0.05) is 30.0 Å². The molecule has 31 heavy (non-hydrogen) atoms. The van der Waals surface area contributed by atoms with Crippen LogP contribution in [0, 0.1) is 12.8 Å². The molecule has 2 fully saturated rings. The summed E-state index contributed by atoms with van der Waals surface area (Å²) < 4.78 is 30.4. The van der Waals surface area contributed by atoms with Crippen molar-refractivity contribution in [3.8, 4) is 0 Å². The molecule has 2 aliphatic rings. The smallest absolute Gasteiger partial charge is 0.264 e. The highest BCUT2D eigenvalue weighted by Crippen LogP contribution is 2.41. The molecule has 1 aliphatic carbocycles. The van der Waals surface area contributed by atoms with Gasteiger partial charge in [0.2, 0.25) is 0 Å². The van der Waals surface area contributed by atoms with E-state index in [2.05, 4.69) is 17.0 Å². The van der Waals surface area contributed by atoms with Crippen LogP contribution in [0.4, 0.5) is 10.7 Å². The van der Waals surface area contributed by atoms with Gasteiger partial charge in [-0.25, -0.2) is 8.42 Å². The second-order valence-corrected chi connectivity index (χ2v) is 11.8. The molecule has 0 spiro atoms. The van der Waals surface area contributed by atoms with Crippen molar-refractivity contribution >= 4 is 42.1 Å². The van der Waals surface area contributed by atoms with Gasteiger partial charge in [-0.1, -0.05) is 31.0 Å². The lowest BCUT2D eigenvalue weighted by Crippen LogP contribution is -2.32. The first-order valence-electron chi connectivity index (χ1n) is 11.4. The number of hydrogen-bond donors (Lipinski definition) is 0. The number of rotatable bonds is 7. The van der Waals surface area contributed by atoms with Gasteiger partial charge in [-0.05, 0) is 79.8 Å². The number of thiophene rings is 1. The lowest BCUT2D eigenvalue weighted by molar-refractivity contribution is 0.577. The van der Waals surface area contributed by atoms with Gasteiger partial charge in [-0.2, -0.15) is 0 Å². The largest absolute Gasteiger partial charge is 0.372 e. The van der Waals surface area contributed by atoms with Gasteiger partial charge in [-0.3, -0.25) is 4.31 Å². The Hall–Kier alpha value is -2.05. The Kier molecular flexibility index (Phi) is 5.69. The van der Waals surface area contributed by atoms with E-state index in [1.165, 1.54) is 32.1 Å². The zero-order chi connectivity index (χ0) is 21.4. The summed E-state index contributed by atoms with van der Waals surface area (Å²) in [7, 11) is -3.61. The van der Waals surface area contributed by atoms with E-state index in [0.717, 1.165) is 45.8 Å². The second-order valence-electron chi connectivity index (χ2n) is 8.88. The summed E-state index contributed by atoms with van der Waals surface area (Å²) in [4.78, 5) is 2.75. The third-order valence-corrected chi connectivity index (χ3v) is 9.85. The molecular weight excluding hydrogens is 424 g/mol. The molecule has 0 atom stereocenters. The number of aryl methyl sites for hydroxylation is 1. The fourth-order valence-corrected chi connectivity index (χ4v) is 7.53. The fraction of sp³-hybridized carbons (Fsp3) is 0.440. The number of hydrogen-bond acceptors (Lipinski definition) is 4. The van der Waals surface area contributed by atoms with Crippen LogP contribution in [-0.4, -0.2) is 28.1 Å². The summed E-state index contributed by atoms with van der Waals surface area (Å²) in [6.45, 7) is 4.71. The van der Waals surface area contributed by atoms with Crippen LogP contribution in [-0.2, 0) is 10.0 Å². The molecule has 0 amide bonds. The SMILES string of the molecule is Cc1c(N(CCC2CC2)S(=O)(=O)c2ccc(N3CCCCC3)cc2)sc2ccccc12. The van der Waals surface area contributed by atoms with E-state index >= 15 is 0 Å². The minimum atomic E-state index is -3.61. The molecule has 3 aromatic rings. The molecule has 0 N–H and O–H groups in total. The molecular formula is C25H30N2O2S2. The van der Waals surface area contributed by atoms with Crippen molar-refractivity contribution in [3.05, 3.63) is 54.1 Å². The predicted molar refractivity (Wildman–Crippen MR) is 131 cm³/mol. The first-order valence-corrected chi connectivity index (χ1v) is 13.7. The van der Waals surface area contributed by atoms with Crippen molar-refractivity contribution in [2.45, 2.75) is 50.3 Å². The third-order valence-electron chi connectivity index (χ3n) is 6.63. The Bertz CT molecular complexity index is 1160. The van der Waals surface area contributed by atoms with Crippen LogP contribution in [0.5, 0.6) is 0 Å². The number of anilines is 2. The number of benzene rings is 2. The lowest BCUT2D eigenvalue weighted by atomic mass is 10.1. The van der Waals surface area contributed by atoms with Crippen molar-refractivity contribution in [2.75, 3.05) is 28.8 Å². The first-order chi connectivity index (χ1) is 15.0. The van der Waals surface area contributed by atoms with Crippen LogP contribution in [0.15, 0.2) is 53.4 Å². The van der Waals surface area contributed by atoms with E-state index in [-0.39, 0.29) is 0 Å². The van der Waals surface area contributed by atoms with Gasteiger partial charge in [0.05, 0.1) is 4.90 Å². The third kappa shape index (κ3) is 4.20. The number of nitrogens with zero attached hydrogens (tertiary/aromatic N) is 2. The maximum absolute atomic E-state index is 13.8. The maximum atomic E-state index is 13.8. The Labute approximate surface area is 189 Å². The molecule has 1 aromatic heterocycles. The minimum absolute atomic E-state index is 0.390. The van der Waals surface area contributed by atoms with Gasteiger partial charge in [0.15, 0.2) is 0 Å². The van der Waals surface area contributed by atoms with Gasteiger partial charge in [-0.15, -0.1) is 11.3 Å². The average molecular weight is 455 g/mol. The van der Waals surface area contributed by atoms with Crippen LogP contribution in [0.25, 0.3) is 10.1 Å². The van der Waals surface area contributed by atoms with Crippen molar-refractivity contribution in [1.82, 2.24) is 0 Å². The Morgan fingerprint density at radius 3 is 2.39 bits per heavy atom. The molecule has 1 saturated heterocycles. The van der Waals surface area contributed by atoms with Crippen molar-refractivity contribution in [3.63, 3.8) is 0 Å². The topological polar surface area (TPSA) is 40.6 Å². The molecule has 1 aliphatic heterocycles. The number of sulfonamides is 1. The van der Waals surface area contributed by atoms with Crippen LogP contribution in [0.1, 0.15) is 44.1 Å². The van der Waals surface area contributed by atoms with Gasteiger partial charge in [0.1, 0.15) is 5.00 Å². The van der Waals surface area contributed by atoms with E-state index in [1.807, 2.05) is 31.2 Å². The summed E-state index contributed by atoms with van der Waals surface area (Å²) in [6.07, 6.45) is 7.08. The number of fused-ring (bicyclic) bond motifs is 1. The first kappa shape index (κ1) is 20.8. The van der Waals surface area contributed by atoms with E-state index in [9.17, 15) is 8.42 Å². The lowest BCUT2D eigenvalue weighted by Gasteiger charge is -2.29. The summed E-state index contributed by atoms with van der Waals surface area (Å²) in [6, 6.07) is 15.8. The molecule has 2 heterocycles. The highest BCUT2D eigenvalue weighted by Gasteiger charge is 2.31. The monoisotopic (exact) mass is 454 g/mol. The zero-order valence-corrected chi connectivity index (χ0v) is 19.7. The Balaban J connectivity index is 1.49. The molecule has 1 saturated carbocycles. The summed E-state index contributed by atoms with van der Waals surface area (Å²) >= 11 is 1.59. The summed E-state index contributed by atoms with van der Waals surface area (Å²) in [5.74, 6) is 0.675. The van der Waals surface area contributed by atoms with Gasteiger partial charge < -0.3 is 4.90 Å². The highest BCUT2D eigenvalue weighted by atomic mass is 32.2. The molecule has 2 aromatic carbocycles. The van der Waals surface area contributed by atoms with E-state index in [1.54, 1.807) is 27.8 Å². The van der Waals surface area contributed by atoms with Crippen LogP contribution in [0.2, 0.25) is 0 Å². The molecule has 4 nitrogen and oxygen atoms in total. The Morgan fingerprint density at radius 2 is 1.71 bits per heavy atom. The molecule has 6 heteroatoms. The second kappa shape index (κ2) is 8.47. The van der Waals surface area contributed by atoms with Crippen LogP contribution < -0.4 is 9.21 Å². The Morgan fingerprint density at radius 1 is 1.00 bits per heavy atom. The van der Waals surface area contributed by atoms with Gasteiger partial charge in [0.25, 0.3) is 10.0 Å². The molecule has 164 valence electrons. The van der Waals surface area contributed by atoms with E-state index < -0.39 is 10.0 Å². The van der Waals surface area contributed by atoms with E-state index in [0.29, 0.717) is 17.4 Å². The average Bonchev–Trinajstić information content (AvgIpc) is 3.58. The fourth-order valence-electron chi connectivity index (χ4n) is 4.54. The van der Waals surface area contributed by atoms with Crippen molar-refractivity contribution in [2.24, 2.45) is 5.92 Å². The maximum Gasteiger partial charge on any atom is 0.264 e. The highest BCUT2D eigenvalue weighted by molar-refractivity contribution is 7.93. The van der Waals surface area contributed by atoms with E-state index in [4.69, 9.17) is 0 Å². The molecule has 5 rings (SSSR count). The predicted octanol–water partition coefficient (Wildman–Crippen LogP) is 6.20. The quantitative estimate of drug-likeness (QED) is 0.427. The van der Waals surface area contributed by atoms with Gasteiger partial charge >= 0.3 is 0 Å². The van der Waals surface area contributed by atoms with Crippen LogP contribution >= 0.6 is 11.3 Å². The number of piperidine rings is 1. The summed E-state index contributed by atoms with van der Waals surface area (Å²) in [5.41, 5.74) is 2.19. The zero-order valence-electron chi connectivity index (χ0n) is 18.1. The molecule has 0 radical (unpaired) electrons. The van der Waals surface area contributed by atoms with Crippen LogP contribution in [0.3, 0.4) is 0 Å². The van der Waals surface area contributed by atoms with Crippen molar-refractivity contribution in [1.29, 1.82) is 0 Å². The minimum Gasteiger partial charge on any atom is -0.372 e. The standard InChI is InChI=1S/C25H30N2O2S2/c1-19-23-7-3-4-8-24(23)30-25(19)27(18-15-20-9-10-20)31(28,29)22-13-11-21(12-14-22)26-16-5-2-6-17-26/h3-4,7-8,11-14,20H,2,5-6,9-10,15-18H2,1H3. The van der Waals surface area contributed by atoms with Crippen molar-refractivity contribution < 1.29 is 8.42 Å².